The minimum absolute atomic E-state index is 0. The first-order valence-corrected chi connectivity index (χ1v) is 8.56. The molecule has 1 saturated carbocycles. The highest BCUT2D eigenvalue weighted by molar-refractivity contribution is 6.21. The van der Waals surface area contributed by atoms with Crippen molar-refractivity contribution < 1.29 is 14.4 Å². The van der Waals surface area contributed by atoms with Crippen LogP contribution in [-0.2, 0) is 4.79 Å². The molecule has 7 heteroatoms. The normalized spacial score (nSPS) is 21.9. The summed E-state index contributed by atoms with van der Waals surface area (Å²) in [5.41, 5.74) is 6.78. The van der Waals surface area contributed by atoms with Gasteiger partial charge in [0.05, 0.1) is 11.1 Å². The van der Waals surface area contributed by atoms with Crippen molar-refractivity contribution in [2.24, 2.45) is 11.7 Å². The summed E-state index contributed by atoms with van der Waals surface area (Å²) in [5, 5.41) is 2.93. The van der Waals surface area contributed by atoms with Crippen molar-refractivity contribution in [2.45, 2.75) is 38.1 Å². The summed E-state index contributed by atoms with van der Waals surface area (Å²) in [7, 11) is 0. The van der Waals surface area contributed by atoms with Crippen LogP contribution in [-0.4, -0.2) is 41.8 Å². The molecule has 136 valence electrons. The van der Waals surface area contributed by atoms with Crippen molar-refractivity contribution in [1.82, 2.24) is 10.2 Å². The van der Waals surface area contributed by atoms with E-state index in [1.54, 1.807) is 24.3 Å². The second kappa shape index (κ2) is 8.45. The van der Waals surface area contributed by atoms with Gasteiger partial charge >= 0.3 is 0 Å². The fraction of sp³-hybridized carbons (Fsp3) is 0.500. The molecule has 0 bridgehead atoms. The van der Waals surface area contributed by atoms with Crippen molar-refractivity contribution in [2.75, 3.05) is 13.1 Å². The Hall–Kier alpha value is -1.92. The first kappa shape index (κ1) is 19.4. The van der Waals surface area contributed by atoms with Crippen LogP contribution >= 0.6 is 12.4 Å². The van der Waals surface area contributed by atoms with Gasteiger partial charge in [0.2, 0.25) is 5.91 Å². The zero-order valence-corrected chi connectivity index (χ0v) is 14.9. The van der Waals surface area contributed by atoms with Gasteiger partial charge in [0.15, 0.2) is 0 Å². The number of carbonyl (C=O) groups is 3. The molecular formula is C18H24ClN3O3. The number of imide groups is 1. The van der Waals surface area contributed by atoms with Crippen LogP contribution < -0.4 is 11.1 Å². The van der Waals surface area contributed by atoms with Gasteiger partial charge in [0.1, 0.15) is 0 Å². The van der Waals surface area contributed by atoms with Gasteiger partial charge in [0.25, 0.3) is 11.8 Å². The number of amides is 3. The lowest BCUT2D eigenvalue weighted by atomic mass is 10.1. The van der Waals surface area contributed by atoms with E-state index in [0.29, 0.717) is 30.6 Å². The number of halogens is 1. The van der Waals surface area contributed by atoms with E-state index in [1.807, 2.05) is 0 Å². The number of nitrogens with two attached hydrogens (primary N) is 1. The second-order valence-corrected chi connectivity index (χ2v) is 6.58. The van der Waals surface area contributed by atoms with Gasteiger partial charge in [-0.15, -0.1) is 12.4 Å². The molecule has 3 N–H and O–H groups in total. The van der Waals surface area contributed by atoms with Gasteiger partial charge < -0.3 is 11.1 Å². The lowest BCUT2D eigenvalue weighted by molar-refractivity contribution is -0.124. The molecule has 1 aromatic rings. The molecule has 0 radical (unpaired) electrons. The maximum Gasteiger partial charge on any atom is 0.261 e. The lowest BCUT2D eigenvalue weighted by Gasteiger charge is -2.14. The standard InChI is InChI=1S/C18H23N3O3.ClH/c19-13-8-7-12(11-13)16(22)20-9-3-4-10-21-17(23)14-5-1-2-6-15(14)18(21)24;/h1-2,5-6,12-13H,3-4,7-11,19H2,(H,20,22);1H. The fourth-order valence-electron chi connectivity index (χ4n) is 3.45. The Kier molecular flexibility index (Phi) is 6.56. The van der Waals surface area contributed by atoms with E-state index in [9.17, 15) is 14.4 Å². The highest BCUT2D eigenvalue weighted by Gasteiger charge is 2.34. The Morgan fingerprint density at radius 2 is 1.76 bits per heavy atom. The smallest absolute Gasteiger partial charge is 0.261 e. The van der Waals surface area contributed by atoms with E-state index in [0.717, 1.165) is 25.7 Å². The fourth-order valence-corrected chi connectivity index (χ4v) is 3.45. The number of unbranched alkanes of at least 4 members (excludes halogenated alkanes) is 1. The van der Waals surface area contributed by atoms with E-state index in [4.69, 9.17) is 5.73 Å². The summed E-state index contributed by atoms with van der Waals surface area (Å²) < 4.78 is 0. The van der Waals surface area contributed by atoms with Crippen LogP contribution in [0.2, 0.25) is 0 Å². The molecule has 2 aliphatic rings. The van der Waals surface area contributed by atoms with Crippen molar-refractivity contribution in [3.8, 4) is 0 Å². The average molecular weight is 366 g/mol. The summed E-state index contributed by atoms with van der Waals surface area (Å²) in [6.07, 6.45) is 3.95. The van der Waals surface area contributed by atoms with Crippen LogP contribution in [0.4, 0.5) is 0 Å². The van der Waals surface area contributed by atoms with Gasteiger partial charge in [-0.25, -0.2) is 0 Å². The Balaban J connectivity index is 0.00000225. The average Bonchev–Trinajstić information content (AvgIpc) is 3.12. The summed E-state index contributed by atoms with van der Waals surface area (Å²) in [6.45, 7) is 0.949. The molecule has 25 heavy (non-hydrogen) atoms. The van der Waals surface area contributed by atoms with Gasteiger partial charge in [0, 0.05) is 25.0 Å². The molecule has 0 aromatic heterocycles. The largest absolute Gasteiger partial charge is 0.356 e. The quantitative estimate of drug-likeness (QED) is 0.593. The number of rotatable bonds is 6. The van der Waals surface area contributed by atoms with Crippen LogP contribution in [0.1, 0.15) is 52.8 Å². The number of benzene rings is 1. The summed E-state index contributed by atoms with van der Waals surface area (Å²) >= 11 is 0. The molecule has 6 nitrogen and oxygen atoms in total. The Labute approximate surface area is 153 Å². The number of fused-ring (bicyclic) bond motifs is 1. The molecule has 1 aliphatic heterocycles. The molecule has 1 fully saturated rings. The predicted molar refractivity (Wildman–Crippen MR) is 96.6 cm³/mol. The third-order valence-corrected chi connectivity index (χ3v) is 4.83. The zero-order valence-electron chi connectivity index (χ0n) is 14.1. The molecule has 2 unspecified atom stereocenters. The first-order valence-electron chi connectivity index (χ1n) is 8.56. The van der Waals surface area contributed by atoms with Crippen LogP contribution in [0.25, 0.3) is 0 Å². The van der Waals surface area contributed by atoms with E-state index >= 15 is 0 Å². The monoisotopic (exact) mass is 365 g/mol. The van der Waals surface area contributed by atoms with Crippen LogP contribution in [0, 0.1) is 5.92 Å². The molecule has 3 rings (SSSR count). The van der Waals surface area contributed by atoms with Gasteiger partial charge in [-0.2, -0.15) is 0 Å². The molecule has 1 aromatic carbocycles. The molecule has 0 saturated heterocycles. The summed E-state index contributed by atoms with van der Waals surface area (Å²) in [5.74, 6) is -0.334. The van der Waals surface area contributed by atoms with E-state index < -0.39 is 0 Å². The summed E-state index contributed by atoms with van der Waals surface area (Å²) in [6, 6.07) is 7.04. The van der Waals surface area contributed by atoms with E-state index in [-0.39, 0.29) is 42.1 Å². The number of hydrogen-bond donors (Lipinski definition) is 2. The third kappa shape index (κ3) is 4.19. The number of nitrogens with one attached hydrogen (secondary N) is 1. The molecular weight excluding hydrogens is 342 g/mol. The van der Waals surface area contributed by atoms with Gasteiger partial charge in [-0.1, -0.05) is 12.1 Å². The highest BCUT2D eigenvalue weighted by atomic mass is 35.5. The SMILES string of the molecule is Cl.NC1CCC(C(=O)NCCCCN2C(=O)c3ccccc3C2=O)C1. The van der Waals surface area contributed by atoms with Crippen molar-refractivity contribution in [3.63, 3.8) is 0 Å². The van der Waals surface area contributed by atoms with Crippen LogP contribution in [0.15, 0.2) is 24.3 Å². The number of nitrogens with zero attached hydrogens (tertiary/aromatic N) is 1. The lowest BCUT2D eigenvalue weighted by Crippen LogP contribution is -2.33. The van der Waals surface area contributed by atoms with E-state index in [2.05, 4.69) is 5.32 Å². The number of carbonyl (C=O) groups excluding carboxylic acids is 3. The van der Waals surface area contributed by atoms with E-state index in [1.165, 1.54) is 4.90 Å². The highest BCUT2D eigenvalue weighted by Crippen LogP contribution is 2.24. The topological polar surface area (TPSA) is 92.5 Å². The molecule has 1 heterocycles. The predicted octanol–water partition coefficient (Wildman–Crippen LogP) is 1.73. The summed E-state index contributed by atoms with van der Waals surface area (Å²) in [4.78, 5) is 37.7. The minimum atomic E-state index is -0.223. The van der Waals surface area contributed by atoms with Crippen molar-refractivity contribution >= 4 is 30.1 Å². The second-order valence-electron chi connectivity index (χ2n) is 6.58. The zero-order chi connectivity index (χ0) is 17.1. The minimum Gasteiger partial charge on any atom is -0.356 e. The van der Waals surface area contributed by atoms with Gasteiger partial charge in [-0.05, 0) is 44.2 Å². The van der Waals surface area contributed by atoms with Crippen LogP contribution in [0.5, 0.6) is 0 Å². The number of hydrogen-bond acceptors (Lipinski definition) is 4. The van der Waals surface area contributed by atoms with Gasteiger partial charge in [-0.3, -0.25) is 19.3 Å². The maximum absolute atomic E-state index is 12.2. The Bertz CT molecular complexity index is 630. The van der Waals surface area contributed by atoms with Crippen LogP contribution in [0.3, 0.4) is 0 Å². The molecule has 3 amide bonds. The Morgan fingerprint density at radius 3 is 2.32 bits per heavy atom. The molecule has 2 atom stereocenters. The van der Waals surface area contributed by atoms with Crippen molar-refractivity contribution in [3.05, 3.63) is 35.4 Å². The first-order chi connectivity index (χ1) is 11.6. The maximum atomic E-state index is 12.2. The third-order valence-electron chi connectivity index (χ3n) is 4.83. The molecule has 1 aliphatic carbocycles. The molecule has 0 spiro atoms. The van der Waals surface area contributed by atoms with Crippen molar-refractivity contribution in [1.29, 1.82) is 0 Å². The Morgan fingerprint density at radius 1 is 1.12 bits per heavy atom.